The predicted molar refractivity (Wildman–Crippen MR) is 75.6 cm³/mol. The van der Waals surface area contributed by atoms with Crippen LogP contribution in [0.15, 0.2) is 12.3 Å². The summed E-state index contributed by atoms with van der Waals surface area (Å²) in [6.45, 7) is 6.53. The van der Waals surface area contributed by atoms with Crippen molar-refractivity contribution in [1.82, 2.24) is 0 Å². The van der Waals surface area contributed by atoms with E-state index in [-0.39, 0.29) is 18.4 Å². The number of aliphatic hydroxyl groups is 1. The van der Waals surface area contributed by atoms with E-state index in [9.17, 15) is 4.79 Å². The van der Waals surface area contributed by atoms with Gasteiger partial charge in [-0.25, -0.2) is 0 Å². The molecule has 104 valence electrons. The zero-order valence-electron chi connectivity index (χ0n) is 11.2. The van der Waals surface area contributed by atoms with Crippen LogP contribution < -0.4 is 0 Å². The molecule has 2 unspecified atom stereocenters. The molecule has 0 aromatic rings. The molecule has 0 aromatic carbocycles. The Morgan fingerprint density at radius 3 is 3.11 bits per heavy atom. The SMILES string of the molecule is C=C1CSCCC(C(=O)CC(C)CO)CCCO1. The Morgan fingerprint density at radius 1 is 1.61 bits per heavy atom. The summed E-state index contributed by atoms with van der Waals surface area (Å²) in [5.41, 5.74) is 0. The third-order valence-corrected chi connectivity index (χ3v) is 4.24. The van der Waals surface area contributed by atoms with Gasteiger partial charge in [-0.1, -0.05) is 13.5 Å². The summed E-state index contributed by atoms with van der Waals surface area (Å²) in [5, 5.41) is 9.01. The van der Waals surface area contributed by atoms with Gasteiger partial charge in [0.2, 0.25) is 0 Å². The Hall–Kier alpha value is -0.480. The molecule has 1 fully saturated rings. The van der Waals surface area contributed by atoms with E-state index in [0.717, 1.165) is 36.5 Å². The first-order chi connectivity index (χ1) is 8.63. The molecule has 0 radical (unpaired) electrons. The summed E-state index contributed by atoms with van der Waals surface area (Å²) >= 11 is 1.78. The topological polar surface area (TPSA) is 46.5 Å². The molecular weight excluding hydrogens is 248 g/mol. The van der Waals surface area contributed by atoms with E-state index in [1.54, 1.807) is 11.8 Å². The average Bonchev–Trinajstić information content (AvgIpc) is 2.36. The number of ketones is 1. The first-order valence-electron chi connectivity index (χ1n) is 6.65. The van der Waals surface area contributed by atoms with E-state index in [1.165, 1.54) is 0 Å². The van der Waals surface area contributed by atoms with Gasteiger partial charge in [0.25, 0.3) is 0 Å². The van der Waals surface area contributed by atoms with Crippen molar-refractivity contribution in [3.05, 3.63) is 12.3 Å². The first kappa shape index (κ1) is 15.6. The van der Waals surface area contributed by atoms with E-state index in [4.69, 9.17) is 9.84 Å². The molecule has 3 nitrogen and oxygen atoms in total. The third-order valence-electron chi connectivity index (χ3n) is 3.19. The number of thioether (sulfide) groups is 1. The molecule has 0 aromatic heterocycles. The molecule has 1 saturated heterocycles. The maximum atomic E-state index is 12.1. The van der Waals surface area contributed by atoms with Gasteiger partial charge < -0.3 is 9.84 Å². The molecule has 0 spiro atoms. The normalized spacial score (nSPS) is 24.1. The Morgan fingerprint density at radius 2 is 2.39 bits per heavy atom. The highest BCUT2D eigenvalue weighted by atomic mass is 32.2. The summed E-state index contributed by atoms with van der Waals surface area (Å²) < 4.78 is 5.48. The standard InChI is InChI=1S/C14H24O3S/c1-11(9-15)8-14(16)13-4-3-6-17-12(2)10-18-7-5-13/h11,13,15H,2-10H2,1H3. The van der Waals surface area contributed by atoms with Crippen LogP contribution >= 0.6 is 11.8 Å². The number of Topliss-reactive ketones (excluding diaryl/α,β-unsaturated/α-hetero) is 1. The number of carbonyl (C=O) groups is 1. The lowest BCUT2D eigenvalue weighted by molar-refractivity contribution is -0.124. The first-order valence-corrected chi connectivity index (χ1v) is 7.80. The maximum absolute atomic E-state index is 12.1. The van der Waals surface area contributed by atoms with E-state index in [2.05, 4.69) is 6.58 Å². The van der Waals surface area contributed by atoms with Crippen molar-refractivity contribution in [2.45, 2.75) is 32.6 Å². The molecule has 1 rings (SSSR count). The van der Waals surface area contributed by atoms with Crippen molar-refractivity contribution in [3.63, 3.8) is 0 Å². The smallest absolute Gasteiger partial charge is 0.136 e. The minimum atomic E-state index is 0.0802. The molecule has 1 N–H and O–H groups in total. The van der Waals surface area contributed by atoms with Gasteiger partial charge in [0.05, 0.1) is 18.1 Å². The van der Waals surface area contributed by atoms with Gasteiger partial charge in [0.15, 0.2) is 0 Å². The summed E-state index contributed by atoms with van der Waals surface area (Å²) in [4.78, 5) is 12.1. The van der Waals surface area contributed by atoms with Gasteiger partial charge in [0, 0.05) is 18.9 Å². The van der Waals surface area contributed by atoms with Gasteiger partial charge in [-0.05, 0) is 30.9 Å². The van der Waals surface area contributed by atoms with Gasteiger partial charge in [-0.2, -0.15) is 11.8 Å². The van der Waals surface area contributed by atoms with Crippen molar-refractivity contribution in [1.29, 1.82) is 0 Å². The third kappa shape index (κ3) is 5.91. The van der Waals surface area contributed by atoms with Crippen LogP contribution in [0.3, 0.4) is 0 Å². The van der Waals surface area contributed by atoms with E-state index < -0.39 is 0 Å². The van der Waals surface area contributed by atoms with Crippen molar-refractivity contribution in [3.8, 4) is 0 Å². The van der Waals surface area contributed by atoms with Crippen molar-refractivity contribution >= 4 is 17.5 Å². The van der Waals surface area contributed by atoms with E-state index in [0.29, 0.717) is 18.8 Å². The predicted octanol–water partition coefficient (Wildman–Crippen LogP) is 2.64. The van der Waals surface area contributed by atoms with Crippen LogP contribution in [0.5, 0.6) is 0 Å². The lowest BCUT2D eigenvalue weighted by Crippen LogP contribution is -2.20. The molecule has 4 heteroatoms. The van der Waals surface area contributed by atoms with Crippen molar-refractivity contribution in [2.24, 2.45) is 11.8 Å². The highest BCUT2D eigenvalue weighted by molar-refractivity contribution is 7.99. The molecule has 0 aliphatic carbocycles. The minimum absolute atomic E-state index is 0.0802. The van der Waals surface area contributed by atoms with Crippen LogP contribution in [0, 0.1) is 11.8 Å². The van der Waals surface area contributed by atoms with E-state index >= 15 is 0 Å². The largest absolute Gasteiger partial charge is 0.498 e. The van der Waals surface area contributed by atoms with Gasteiger partial charge in [0.1, 0.15) is 5.78 Å². The van der Waals surface area contributed by atoms with Crippen LogP contribution in [0.25, 0.3) is 0 Å². The van der Waals surface area contributed by atoms with Crippen LogP contribution in [0.2, 0.25) is 0 Å². The van der Waals surface area contributed by atoms with Crippen LogP contribution in [0.1, 0.15) is 32.6 Å². The summed E-state index contributed by atoms with van der Waals surface area (Å²) in [7, 11) is 0. The summed E-state index contributed by atoms with van der Waals surface area (Å²) in [5.74, 6) is 3.17. The van der Waals surface area contributed by atoms with E-state index in [1.807, 2.05) is 6.92 Å². The van der Waals surface area contributed by atoms with Crippen LogP contribution in [-0.4, -0.2) is 35.6 Å². The Labute approximate surface area is 114 Å². The maximum Gasteiger partial charge on any atom is 0.136 e. The molecule has 18 heavy (non-hydrogen) atoms. The van der Waals surface area contributed by atoms with Gasteiger partial charge in [-0.15, -0.1) is 0 Å². The monoisotopic (exact) mass is 272 g/mol. The highest BCUT2D eigenvalue weighted by Gasteiger charge is 2.20. The fraction of sp³-hybridized carbons (Fsp3) is 0.786. The lowest BCUT2D eigenvalue weighted by Gasteiger charge is -2.19. The molecular formula is C14H24O3S. The number of aliphatic hydroxyl groups excluding tert-OH is 1. The molecule has 0 amide bonds. The molecule has 1 heterocycles. The quantitative estimate of drug-likeness (QED) is 0.854. The lowest BCUT2D eigenvalue weighted by atomic mass is 9.90. The van der Waals surface area contributed by atoms with Gasteiger partial charge in [-0.3, -0.25) is 4.79 Å². The Bertz CT molecular complexity index is 264. The molecule has 0 saturated carbocycles. The number of rotatable bonds is 4. The zero-order valence-corrected chi connectivity index (χ0v) is 12.0. The molecule has 1 aliphatic rings. The second-order valence-corrected chi connectivity index (χ2v) is 6.13. The highest BCUT2D eigenvalue weighted by Crippen LogP contribution is 2.22. The van der Waals surface area contributed by atoms with Crippen molar-refractivity contribution < 1.29 is 14.6 Å². The summed E-state index contributed by atoms with van der Waals surface area (Å²) in [6.07, 6.45) is 3.24. The molecule has 0 bridgehead atoms. The van der Waals surface area contributed by atoms with Gasteiger partial charge >= 0.3 is 0 Å². The van der Waals surface area contributed by atoms with Crippen LogP contribution in [-0.2, 0) is 9.53 Å². The Kier molecular flexibility index (Phi) is 7.44. The second kappa shape index (κ2) is 8.59. The average molecular weight is 272 g/mol. The number of carbonyl (C=O) groups excluding carboxylic acids is 1. The number of ether oxygens (including phenoxy) is 1. The number of hydrogen-bond acceptors (Lipinski definition) is 4. The fourth-order valence-electron chi connectivity index (χ4n) is 2.04. The Balaban J connectivity index is 2.42. The number of hydrogen-bond donors (Lipinski definition) is 1. The fourth-order valence-corrected chi connectivity index (χ4v) is 2.95. The second-order valence-electron chi connectivity index (χ2n) is 5.03. The minimum Gasteiger partial charge on any atom is -0.498 e. The van der Waals surface area contributed by atoms with Crippen molar-refractivity contribution in [2.75, 3.05) is 24.7 Å². The summed E-state index contributed by atoms with van der Waals surface area (Å²) in [6, 6.07) is 0. The van der Waals surface area contributed by atoms with Crippen LogP contribution in [0.4, 0.5) is 0 Å². The molecule has 2 atom stereocenters. The molecule has 1 aliphatic heterocycles. The zero-order chi connectivity index (χ0) is 13.4.